The molecule has 0 aromatic heterocycles. The first-order valence-corrected chi connectivity index (χ1v) is 7.43. The van der Waals surface area contributed by atoms with Gasteiger partial charge in [-0.3, -0.25) is 4.79 Å². The summed E-state index contributed by atoms with van der Waals surface area (Å²) in [7, 11) is 0. The van der Waals surface area contributed by atoms with Gasteiger partial charge < -0.3 is 5.32 Å². The normalized spacial score (nSPS) is 10.3. The zero-order valence-electron chi connectivity index (χ0n) is 9.79. The maximum atomic E-state index is 13.0. The van der Waals surface area contributed by atoms with Gasteiger partial charge in [0.05, 0.1) is 5.56 Å². The average Bonchev–Trinajstić information content (AvgIpc) is 2.39. The van der Waals surface area contributed by atoms with E-state index >= 15 is 0 Å². The lowest BCUT2D eigenvalue weighted by atomic mass is 10.2. The zero-order valence-corrected chi connectivity index (χ0v) is 13.0. The number of hydrogen-bond donors (Lipinski definition) is 1. The van der Waals surface area contributed by atoms with E-state index in [1.807, 2.05) is 24.3 Å². The number of nitrogens with one attached hydrogen (secondary N) is 1. The van der Waals surface area contributed by atoms with Crippen molar-refractivity contribution >= 4 is 43.5 Å². The fourth-order valence-electron chi connectivity index (χ4n) is 1.55. The number of hydrogen-bond acceptors (Lipinski definition) is 1. The lowest BCUT2D eigenvalue weighted by Gasteiger charge is -2.07. The molecule has 19 heavy (non-hydrogen) atoms. The number of anilines is 1. The molecule has 2 aromatic rings. The van der Waals surface area contributed by atoms with Crippen molar-refractivity contribution in [3.8, 4) is 0 Å². The van der Waals surface area contributed by atoms with Crippen molar-refractivity contribution in [1.29, 1.82) is 0 Å². The number of carbonyl (C=O) groups is 1. The molecule has 0 atom stereocenters. The van der Waals surface area contributed by atoms with Crippen molar-refractivity contribution in [2.75, 3.05) is 5.32 Å². The van der Waals surface area contributed by atoms with E-state index < -0.39 is 0 Å². The number of amides is 1. The number of halogens is 3. The van der Waals surface area contributed by atoms with Crippen LogP contribution >= 0.6 is 31.9 Å². The Balaban J connectivity index is 2.15. The third-order valence-corrected chi connectivity index (χ3v) is 3.85. The Labute approximate surface area is 127 Å². The second-order valence-corrected chi connectivity index (χ2v) is 5.32. The largest absolute Gasteiger partial charge is 0.322 e. The summed E-state index contributed by atoms with van der Waals surface area (Å²) in [4.78, 5) is 12.0. The third-order valence-electron chi connectivity index (χ3n) is 2.54. The van der Waals surface area contributed by atoms with Crippen LogP contribution in [0.1, 0.15) is 15.9 Å². The number of alkyl halides is 1. The Hall–Kier alpha value is -1.20. The summed E-state index contributed by atoms with van der Waals surface area (Å²) in [5.41, 5.74) is 2.22. The van der Waals surface area contributed by atoms with Crippen molar-refractivity contribution in [3.05, 3.63) is 63.9 Å². The molecule has 0 bridgehead atoms. The molecule has 0 heterocycles. The molecule has 0 aliphatic rings. The average molecular weight is 387 g/mol. The van der Waals surface area contributed by atoms with Gasteiger partial charge in [0.25, 0.3) is 5.91 Å². The van der Waals surface area contributed by atoms with Crippen molar-refractivity contribution in [2.45, 2.75) is 5.33 Å². The van der Waals surface area contributed by atoms with Gasteiger partial charge in [0, 0.05) is 15.5 Å². The van der Waals surface area contributed by atoms with Crippen molar-refractivity contribution in [2.24, 2.45) is 0 Å². The second kappa shape index (κ2) is 6.30. The summed E-state index contributed by atoms with van der Waals surface area (Å²) >= 11 is 6.53. The number of benzene rings is 2. The predicted molar refractivity (Wildman–Crippen MR) is 81.1 cm³/mol. The van der Waals surface area contributed by atoms with E-state index in [1.54, 1.807) is 0 Å². The van der Waals surface area contributed by atoms with E-state index in [1.165, 1.54) is 18.2 Å². The van der Waals surface area contributed by atoms with Gasteiger partial charge in [-0.1, -0.05) is 28.1 Å². The Morgan fingerprint density at radius 1 is 1.16 bits per heavy atom. The van der Waals surface area contributed by atoms with E-state index in [9.17, 15) is 9.18 Å². The van der Waals surface area contributed by atoms with Crippen LogP contribution in [0.5, 0.6) is 0 Å². The Morgan fingerprint density at radius 2 is 1.84 bits per heavy atom. The fourth-order valence-corrected chi connectivity index (χ4v) is 2.45. The molecule has 1 N–H and O–H groups in total. The number of carbonyl (C=O) groups excluding carboxylic acids is 1. The standard InChI is InChI=1S/C14H10Br2FNO/c15-8-9-1-4-11(5-2-9)18-14(19)12-6-3-10(17)7-13(12)16/h1-7H,8H2,(H,18,19). The van der Waals surface area contributed by atoms with Crippen molar-refractivity contribution in [3.63, 3.8) is 0 Å². The molecule has 0 spiro atoms. The molecule has 0 saturated carbocycles. The molecule has 1 amide bonds. The van der Waals surface area contributed by atoms with Crippen LogP contribution in [0.15, 0.2) is 46.9 Å². The van der Waals surface area contributed by atoms with E-state index in [2.05, 4.69) is 37.2 Å². The van der Waals surface area contributed by atoms with Gasteiger partial charge in [-0.2, -0.15) is 0 Å². The highest BCUT2D eigenvalue weighted by Gasteiger charge is 2.10. The van der Waals surface area contributed by atoms with Crippen molar-refractivity contribution in [1.82, 2.24) is 0 Å². The SMILES string of the molecule is O=C(Nc1ccc(CBr)cc1)c1ccc(F)cc1Br. The second-order valence-electron chi connectivity index (χ2n) is 3.91. The Kier molecular flexibility index (Phi) is 4.71. The summed E-state index contributed by atoms with van der Waals surface area (Å²) in [5, 5.41) is 3.53. The van der Waals surface area contributed by atoms with Gasteiger partial charge in [-0.05, 0) is 51.8 Å². The zero-order chi connectivity index (χ0) is 13.8. The van der Waals surface area contributed by atoms with Crippen LogP contribution in [0.3, 0.4) is 0 Å². The van der Waals surface area contributed by atoms with E-state index in [0.29, 0.717) is 15.7 Å². The fraction of sp³-hybridized carbons (Fsp3) is 0.0714. The highest BCUT2D eigenvalue weighted by molar-refractivity contribution is 9.10. The molecule has 0 aliphatic carbocycles. The van der Waals surface area contributed by atoms with Crippen LogP contribution in [0.4, 0.5) is 10.1 Å². The summed E-state index contributed by atoms with van der Waals surface area (Å²) in [6.07, 6.45) is 0. The molecule has 0 unspecified atom stereocenters. The molecule has 0 fully saturated rings. The van der Waals surface area contributed by atoms with Gasteiger partial charge in [-0.15, -0.1) is 0 Å². The highest BCUT2D eigenvalue weighted by Crippen LogP contribution is 2.20. The molecule has 2 nitrogen and oxygen atoms in total. The van der Waals surface area contributed by atoms with E-state index in [-0.39, 0.29) is 11.7 Å². The molecule has 0 radical (unpaired) electrons. The molecule has 98 valence electrons. The predicted octanol–water partition coefficient (Wildman–Crippen LogP) is 4.74. The van der Waals surface area contributed by atoms with E-state index in [4.69, 9.17) is 0 Å². The van der Waals surface area contributed by atoms with Crippen LogP contribution in [-0.2, 0) is 5.33 Å². The minimum atomic E-state index is -0.384. The lowest BCUT2D eigenvalue weighted by Crippen LogP contribution is -2.12. The molecule has 2 rings (SSSR count). The molecule has 5 heteroatoms. The first-order chi connectivity index (χ1) is 9.10. The summed E-state index contributed by atoms with van der Waals surface area (Å²) in [5.74, 6) is -0.663. The topological polar surface area (TPSA) is 29.1 Å². The third kappa shape index (κ3) is 3.64. The lowest BCUT2D eigenvalue weighted by molar-refractivity contribution is 0.102. The number of rotatable bonds is 3. The van der Waals surface area contributed by atoms with Gasteiger partial charge in [0.15, 0.2) is 0 Å². The van der Waals surface area contributed by atoms with Gasteiger partial charge in [0.1, 0.15) is 5.82 Å². The van der Waals surface area contributed by atoms with Gasteiger partial charge in [0.2, 0.25) is 0 Å². The maximum absolute atomic E-state index is 13.0. The van der Waals surface area contributed by atoms with Gasteiger partial charge >= 0.3 is 0 Å². The summed E-state index contributed by atoms with van der Waals surface area (Å²) in [6.45, 7) is 0. The summed E-state index contributed by atoms with van der Waals surface area (Å²) in [6, 6.07) is 11.5. The van der Waals surface area contributed by atoms with E-state index in [0.717, 1.165) is 10.9 Å². The molecule has 0 saturated heterocycles. The molecular weight excluding hydrogens is 377 g/mol. The molecular formula is C14H10Br2FNO. The molecule has 2 aromatic carbocycles. The van der Waals surface area contributed by atoms with Crippen LogP contribution < -0.4 is 5.32 Å². The maximum Gasteiger partial charge on any atom is 0.256 e. The van der Waals surface area contributed by atoms with Crippen molar-refractivity contribution < 1.29 is 9.18 Å². The quantitative estimate of drug-likeness (QED) is 0.758. The first-order valence-electron chi connectivity index (χ1n) is 5.51. The van der Waals surface area contributed by atoms with Crippen LogP contribution in [0, 0.1) is 5.82 Å². The van der Waals surface area contributed by atoms with Crippen LogP contribution in [0.2, 0.25) is 0 Å². The Morgan fingerprint density at radius 3 is 2.42 bits per heavy atom. The van der Waals surface area contributed by atoms with Gasteiger partial charge in [-0.25, -0.2) is 4.39 Å². The Bertz CT molecular complexity index is 599. The van der Waals surface area contributed by atoms with Crippen LogP contribution in [-0.4, -0.2) is 5.91 Å². The minimum Gasteiger partial charge on any atom is -0.322 e. The monoisotopic (exact) mass is 385 g/mol. The first kappa shape index (κ1) is 14.2. The highest BCUT2D eigenvalue weighted by atomic mass is 79.9. The summed E-state index contributed by atoms with van der Waals surface area (Å²) < 4.78 is 13.4. The molecule has 0 aliphatic heterocycles. The minimum absolute atomic E-state index is 0.279. The smallest absolute Gasteiger partial charge is 0.256 e. The van der Waals surface area contributed by atoms with Crippen LogP contribution in [0.25, 0.3) is 0 Å².